The van der Waals surface area contributed by atoms with E-state index in [1.54, 1.807) is 0 Å². The predicted molar refractivity (Wildman–Crippen MR) is 60.2 cm³/mol. The minimum Gasteiger partial charge on any atom is -0.381 e. The smallest absolute Gasteiger partial charge is 0.168 e. The summed E-state index contributed by atoms with van der Waals surface area (Å²) in [4.78, 5) is 5.61. The number of anilines is 2. The molecule has 1 aromatic rings. The third-order valence-corrected chi connectivity index (χ3v) is 2.03. The van der Waals surface area contributed by atoms with E-state index in [0.717, 1.165) is 19.0 Å². The molecular weight excluding hydrogens is 214 g/mol. The summed E-state index contributed by atoms with van der Waals surface area (Å²) in [5, 5.41) is 2.78. The van der Waals surface area contributed by atoms with Gasteiger partial charge in [0, 0.05) is 12.6 Å². The number of nitrogen functional groups attached to an aromatic ring is 1. The monoisotopic (exact) mass is 230 g/mol. The Balaban J connectivity index is 2.51. The molecule has 1 rings (SSSR count). The average molecular weight is 230 g/mol. The third kappa shape index (κ3) is 3.62. The summed E-state index contributed by atoms with van der Waals surface area (Å²) in [6, 6.07) is 0.733. The maximum absolute atomic E-state index is 13.2. The van der Waals surface area contributed by atoms with Crippen LogP contribution < -0.4 is 11.1 Å². The maximum Gasteiger partial charge on any atom is 0.168 e. The number of nitrogens with zero attached hydrogens (tertiary/aromatic N) is 2. The Bertz CT molecular complexity index is 355. The lowest BCUT2D eigenvalue weighted by Gasteiger charge is -2.11. The molecule has 0 radical (unpaired) electrons. The number of hydrogen-bond donors (Lipinski definition) is 2. The van der Waals surface area contributed by atoms with Crippen LogP contribution in [0.25, 0.3) is 0 Å². The van der Waals surface area contributed by atoms with Crippen molar-refractivity contribution in [2.45, 2.75) is 6.42 Å². The summed E-state index contributed by atoms with van der Waals surface area (Å²) in [5.74, 6) is -1.86. The molecule has 0 aliphatic rings. The first-order valence-electron chi connectivity index (χ1n) is 5.01. The Morgan fingerprint density at radius 2 is 2.06 bits per heavy atom. The lowest BCUT2D eigenvalue weighted by molar-refractivity contribution is 0.405. The molecule has 16 heavy (non-hydrogen) atoms. The quantitative estimate of drug-likeness (QED) is 0.749. The molecule has 0 bridgehead atoms. The lowest BCUT2D eigenvalue weighted by atomic mass is 10.3. The van der Waals surface area contributed by atoms with Crippen molar-refractivity contribution < 1.29 is 8.78 Å². The molecule has 0 atom stereocenters. The van der Waals surface area contributed by atoms with Crippen molar-refractivity contribution in [3.8, 4) is 0 Å². The lowest BCUT2D eigenvalue weighted by Crippen LogP contribution is -2.17. The topological polar surface area (TPSA) is 54.2 Å². The number of hydrogen-bond acceptors (Lipinski definition) is 4. The molecule has 0 saturated heterocycles. The normalized spacial score (nSPS) is 10.8. The number of pyridine rings is 1. The molecule has 0 aromatic carbocycles. The molecule has 0 amide bonds. The van der Waals surface area contributed by atoms with Crippen LogP contribution in [0.5, 0.6) is 0 Å². The molecule has 0 aliphatic carbocycles. The number of halogens is 2. The zero-order valence-corrected chi connectivity index (χ0v) is 9.43. The molecule has 0 fully saturated rings. The van der Waals surface area contributed by atoms with E-state index in [4.69, 9.17) is 5.73 Å². The summed E-state index contributed by atoms with van der Waals surface area (Å²) >= 11 is 0. The van der Waals surface area contributed by atoms with Gasteiger partial charge in [0.1, 0.15) is 0 Å². The van der Waals surface area contributed by atoms with Gasteiger partial charge in [-0.25, -0.2) is 13.8 Å². The van der Waals surface area contributed by atoms with Crippen LogP contribution in [0.2, 0.25) is 0 Å². The molecule has 0 aliphatic heterocycles. The first-order chi connectivity index (χ1) is 7.50. The van der Waals surface area contributed by atoms with Crippen LogP contribution in [0.1, 0.15) is 6.42 Å². The number of aromatic nitrogens is 1. The van der Waals surface area contributed by atoms with Gasteiger partial charge in [0.2, 0.25) is 0 Å². The van der Waals surface area contributed by atoms with Crippen LogP contribution in [-0.2, 0) is 0 Å². The number of nitrogens with two attached hydrogens (primary N) is 1. The first-order valence-corrected chi connectivity index (χ1v) is 5.01. The number of nitrogens with one attached hydrogen (secondary N) is 1. The van der Waals surface area contributed by atoms with Crippen LogP contribution in [0.4, 0.5) is 20.4 Å². The van der Waals surface area contributed by atoms with Gasteiger partial charge in [-0.15, -0.1) is 0 Å². The maximum atomic E-state index is 13.2. The van der Waals surface area contributed by atoms with E-state index < -0.39 is 11.6 Å². The third-order valence-electron chi connectivity index (χ3n) is 2.03. The molecule has 6 heteroatoms. The Morgan fingerprint density at radius 3 is 2.69 bits per heavy atom. The fourth-order valence-electron chi connectivity index (χ4n) is 1.21. The van der Waals surface area contributed by atoms with Crippen molar-refractivity contribution in [1.29, 1.82) is 0 Å². The highest BCUT2D eigenvalue weighted by atomic mass is 19.1. The van der Waals surface area contributed by atoms with E-state index in [-0.39, 0.29) is 11.6 Å². The van der Waals surface area contributed by atoms with Crippen LogP contribution in [0.3, 0.4) is 0 Å². The van der Waals surface area contributed by atoms with Gasteiger partial charge in [-0.2, -0.15) is 0 Å². The van der Waals surface area contributed by atoms with E-state index in [1.165, 1.54) is 0 Å². The summed E-state index contributed by atoms with van der Waals surface area (Å²) in [5.41, 5.74) is 5.24. The van der Waals surface area contributed by atoms with Crippen LogP contribution in [-0.4, -0.2) is 37.1 Å². The molecule has 0 saturated carbocycles. The Kier molecular flexibility index (Phi) is 4.42. The zero-order chi connectivity index (χ0) is 12.1. The van der Waals surface area contributed by atoms with Gasteiger partial charge in [-0.05, 0) is 27.1 Å². The van der Waals surface area contributed by atoms with Gasteiger partial charge >= 0.3 is 0 Å². The molecule has 90 valence electrons. The highest BCUT2D eigenvalue weighted by Crippen LogP contribution is 2.16. The summed E-state index contributed by atoms with van der Waals surface area (Å²) in [6.07, 6.45) is 0.839. The minimum atomic E-state index is -0.837. The fraction of sp³-hybridized carbons (Fsp3) is 0.500. The molecule has 4 nitrogen and oxygen atoms in total. The number of rotatable bonds is 5. The Morgan fingerprint density at radius 1 is 1.38 bits per heavy atom. The predicted octanol–water partition coefficient (Wildman–Crippen LogP) is 1.31. The van der Waals surface area contributed by atoms with Crippen molar-refractivity contribution in [2.24, 2.45) is 0 Å². The van der Waals surface area contributed by atoms with E-state index in [0.29, 0.717) is 6.54 Å². The highest BCUT2D eigenvalue weighted by molar-refractivity contribution is 5.44. The Labute approximate surface area is 93.5 Å². The van der Waals surface area contributed by atoms with Crippen LogP contribution in [0, 0.1) is 11.6 Å². The van der Waals surface area contributed by atoms with Gasteiger partial charge in [0.05, 0.1) is 0 Å². The van der Waals surface area contributed by atoms with E-state index in [1.807, 2.05) is 19.0 Å². The fourth-order valence-corrected chi connectivity index (χ4v) is 1.21. The van der Waals surface area contributed by atoms with Gasteiger partial charge in [0.25, 0.3) is 0 Å². The first kappa shape index (κ1) is 12.6. The van der Waals surface area contributed by atoms with Crippen molar-refractivity contribution in [3.63, 3.8) is 0 Å². The van der Waals surface area contributed by atoms with Gasteiger partial charge in [0.15, 0.2) is 23.3 Å². The minimum absolute atomic E-state index is 0.00217. The Hall–Kier alpha value is -1.43. The molecule has 0 unspecified atom stereocenters. The highest BCUT2D eigenvalue weighted by Gasteiger charge is 2.08. The van der Waals surface area contributed by atoms with Gasteiger partial charge < -0.3 is 16.0 Å². The standard InChI is InChI=1S/C10H16F2N4/c1-16(2)5-3-4-14-10-8(12)6-7(11)9(13)15-10/h6H,3-5H2,1-2H3,(H3,13,14,15). The second-order valence-corrected chi connectivity index (χ2v) is 3.77. The largest absolute Gasteiger partial charge is 0.381 e. The van der Waals surface area contributed by atoms with Gasteiger partial charge in [-0.1, -0.05) is 0 Å². The van der Waals surface area contributed by atoms with Crippen molar-refractivity contribution in [2.75, 3.05) is 38.2 Å². The molecule has 1 aromatic heterocycles. The summed E-state index contributed by atoms with van der Waals surface area (Å²) < 4.78 is 26.0. The zero-order valence-electron chi connectivity index (χ0n) is 9.43. The average Bonchev–Trinajstić information content (AvgIpc) is 2.19. The van der Waals surface area contributed by atoms with E-state index in [2.05, 4.69) is 10.3 Å². The SMILES string of the molecule is CN(C)CCCNc1nc(N)c(F)cc1F. The molecular formula is C10H16F2N4. The van der Waals surface area contributed by atoms with E-state index in [9.17, 15) is 8.78 Å². The molecule has 0 spiro atoms. The summed E-state index contributed by atoms with van der Waals surface area (Å²) in [7, 11) is 3.91. The molecule has 1 heterocycles. The summed E-state index contributed by atoms with van der Waals surface area (Å²) in [6.45, 7) is 1.44. The van der Waals surface area contributed by atoms with Crippen molar-refractivity contribution in [3.05, 3.63) is 17.7 Å². The molecule has 3 N–H and O–H groups in total. The van der Waals surface area contributed by atoms with Crippen molar-refractivity contribution >= 4 is 11.6 Å². The van der Waals surface area contributed by atoms with E-state index >= 15 is 0 Å². The second-order valence-electron chi connectivity index (χ2n) is 3.77. The van der Waals surface area contributed by atoms with Gasteiger partial charge in [-0.3, -0.25) is 0 Å². The second kappa shape index (κ2) is 5.60. The van der Waals surface area contributed by atoms with Crippen molar-refractivity contribution in [1.82, 2.24) is 9.88 Å². The van der Waals surface area contributed by atoms with Crippen LogP contribution in [0.15, 0.2) is 6.07 Å². The van der Waals surface area contributed by atoms with Crippen LogP contribution >= 0.6 is 0 Å².